The summed E-state index contributed by atoms with van der Waals surface area (Å²) < 4.78 is 13.5. The minimum absolute atomic E-state index is 0.0751. The Morgan fingerprint density at radius 2 is 1.79 bits per heavy atom. The number of piperazine rings is 1. The van der Waals surface area contributed by atoms with E-state index in [0.29, 0.717) is 53.8 Å². The van der Waals surface area contributed by atoms with Crippen LogP contribution in [0.4, 0.5) is 27.3 Å². The Hall–Kier alpha value is -3.65. The van der Waals surface area contributed by atoms with Crippen molar-refractivity contribution >= 4 is 46.3 Å². The van der Waals surface area contributed by atoms with Crippen molar-refractivity contribution < 1.29 is 14.0 Å². The van der Waals surface area contributed by atoms with Gasteiger partial charge in [-0.1, -0.05) is 17.7 Å². The molecule has 7 nitrogen and oxygen atoms in total. The molecule has 3 aromatic rings. The number of benzene rings is 2. The molecule has 0 spiro atoms. The molecule has 1 aliphatic rings. The molecule has 0 saturated carbocycles. The Morgan fingerprint density at radius 3 is 2.45 bits per heavy atom. The van der Waals surface area contributed by atoms with Crippen molar-refractivity contribution in [2.75, 3.05) is 41.7 Å². The molecule has 33 heavy (non-hydrogen) atoms. The fourth-order valence-electron chi connectivity index (χ4n) is 3.58. The van der Waals surface area contributed by atoms with Gasteiger partial charge in [0.05, 0.1) is 16.3 Å². The molecule has 9 heteroatoms. The highest BCUT2D eigenvalue weighted by Gasteiger charge is 2.19. The summed E-state index contributed by atoms with van der Waals surface area (Å²) in [5.74, 6) is 0.167. The maximum absolute atomic E-state index is 13.5. The van der Waals surface area contributed by atoms with Crippen LogP contribution >= 0.6 is 11.6 Å². The Kier molecular flexibility index (Phi) is 6.74. The Morgan fingerprint density at radius 1 is 1.00 bits per heavy atom. The zero-order chi connectivity index (χ0) is 23.4. The number of hydrogen-bond acceptors (Lipinski definition) is 5. The maximum atomic E-state index is 13.5. The van der Waals surface area contributed by atoms with Gasteiger partial charge >= 0.3 is 0 Å². The quantitative estimate of drug-likeness (QED) is 0.576. The molecule has 170 valence electrons. The average molecular weight is 468 g/mol. The summed E-state index contributed by atoms with van der Waals surface area (Å²) in [5, 5.41) is 6.32. The molecule has 1 aliphatic heterocycles. The number of halogens is 2. The summed E-state index contributed by atoms with van der Waals surface area (Å²) in [5.41, 5.74) is 2.03. The fraction of sp³-hybridized carbons (Fsp3) is 0.208. The number of pyridine rings is 1. The van der Waals surface area contributed by atoms with Crippen LogP contribution in [0.15, 0.2) is 60.8 Å². The van der Waals surface area contributed by atoms with Gasteiger partial charge in [-0.25, -0.2) is 9.37 Å². The molecule has 0 bridgehead atoms. The smallest absolute Gasteiger partial charge is 0.257 e. The predicted octanol–water partition coefficient (Wildman–Crippen LogP) is 4.54. The highest BCUT2D eigenvalue weighted by Crippen LogP contribution is 2.29. The largest absolute Gasteiger partial charge is 0.354 e. The van der Waals surface area contributed by atoms with Crippen LogP contribution in [0, 0.1) is 5.82 Å². The van der Waals surface area contributed by atoms with Crippen molar-refractivity contribution in [1.82, 2.24) is 9.88 Å². The summed E-state index contributed by atoms with van der Waals surface area (Å²) in [6.45, 7) is 4.28. The van der Waals surface area contributed by atoms with Crippen LogP contribution in [0.1, 0.15) is 17.3 Å². The summed E-state index contributed by atoms with van der Waals surface area (Å²) in [7, 11) is 0. The van der Waals surface area contributed by atoms with Crippen molar-refractivity contribution in [2.24, 2.45) is 0 Å². The standard InChI is InChI=1S/C24H23ClFN5O2/c1-16(32)30-9-11-31(12-10-30)23-8-5-17(15-27-23)24(33)29-20-6-7-21(25)22(14-20)28-19-4-2-3-18(26)13-19/h2-8,13-15,28H,9-12H2,1H3,(H,29,33). The molecule has 2 aromatic carbocycles. The van der Waals surface area contributed by atoms with Crippen LogP contribution in [-0.4, -0.2) is 47.9 Å². The molecule has 1 fully saturated rings. The topological polar surface area (TPSA) is 77.6 Å². The summed E-state index contributed by atoms with van der Waals surface area (Å²) >= 11 is 6.25. The van der Waals surface area contributed by atoms with Gasteiger partial charge < -0.3 is 20.4 Å². The summed E-state index contributed by atoms with van der Waals surface area (Å²) in [6, 6.07) is 14.6. The van der Waals surface area contributed by atoms with E-state index in [0.717, 1.165) is 5.82 Å². The molecular formula is C24H23ClFN5O2. The van der Waals surface area contributed by atoms with E-state index in [4.69, 9.17) is 11.6 Å². The highest BCUT2D eigenvalue weighted by atomic mass is 35.5. The van der Waals surface area contributed by atoms with E-state index in [9.17, 15) is 14.0 Å². The molecule has 1 aromatic heterocycles. The Labute approximate surface area is 196 Å². The Bertz CT molecular complexity index is 1160. The third kappa shape index (κ3) is 5.59. The van der Waals surface area contributed by atoms with Crippen molar-refractivity contribution in [3.8, 4) is 0 Å². The van der Waals surface area contributed by atoms with Gasteiger partial charge in [0, 0.05) is 50.7 Å². The lowest BCUT2D eigenvalue weighted by Gasteiger charge is -2.34. The van der Waals surface area contributed by atoms with Gasteiger partial charge in [0.1, 0.15) is 11.6 Å². The number of rotatable bonds is 5. The van der Waals surface area contributed by atoms with E-state index < -0.39 is 0 Å². The van der Waals surface area contributed by atoms with Crippen LogP contribution in [0.5, 0.6) is 0 Å². The van der Waals surface area contributed by atoms with Crippen molar-refractivity contribution in [2.45, 2.75) is 6.92 Å². The van der Waals surface area contributed by atoms with Crippen molar-refractivity contribution in [1.29, 1.82) is 0 Å². The lowest BCUT2D eigenvalue weighted by molar-refractivity contribution is -0.129. The second-order valence-corrected chi connectivity index (χ2v) is 8.09. The van der Waals surface area contributed by atoms with Gasteiger partial charge in [-0.05, 0) is 48.5 Å². The van der Waals surface area contributed by atoms with Gasteiger partial charge in [-0.2, -0.15) is 0 Å². The van der Waals surface area contributed by atoms with Gasteiger partial charge in [0.25, 0.3) is 5.91 Å². The first-order chi connectivity index (χ1) is 15.9. The van der Waals surface area contributed by atoms with E-state index in [1.807, 2.05) is 4.90 Å². The molecule has 0 unspecified atom stereocenters. The van der Waals surface area contributed by atoms with Gasteiger partial charge in [-0.15, -0.1) is 0 Å². The third-order valence-corrected chi connectivity index (χ3v) is 5.72. The molecule has 2 N–H and O–H groups in total. The number of nitrogens with one attached hydrogen (secondary N) is 2. The second-order valence-electron chi connectivity index (χ2n) is 7.68. The summed E-state index contributed by atoms with van der Waals surface area (Å²) in [4.78, 5) is 32.5. The molecule has 2 amide bonds. The number of amides is 2. The number of nitrogens with zero attached hydrogens (tertiary/aromatic N) is 3. The summed E-state index contributed by atoms with van der Waals surface area (Å²) in [6.07, 6.45) is 1.53. The first-order valence-electron chi connectivity index (χ1n) is 10.5. The van der Waals surface area contributed by atoms with Gasteiger partial charge in [-0.3, -0.25) is 9.59 Å². The molecule has 4 rings (SSSR count). The van der Waals surface area contributed by atoms with E-state index in [1.165, 1.54) is 18.3 Å². The van der Waals surface area contributed by atoms with E-state index >= 15 is 0 Å². The lowest BCUT2D eigenvalue weighted by atomic mass is 10.2. The van der Waals surface area contributed by atoms with Crippen molar-refractivity contribution in [3.05, 3.63) is 77.2 Å². The first kappa shape index (κ1) is 22.5. The van der Waals surface area contributed by atoms with E-state index in [2.05, 4.69) is 20.5 Å². The molecule has 1 saturated heterocycles. The van der Waals surface area contributed by atoms with Crippen LogP contribution in [-0.2, 0) is 4.79 Å². The minimum Gasteiger partial charge on any atom is -0.354 e. The first-order valence-corrected chi connectivity index (χ1v) is 10.9. The van der Waals surface area contributed by atoms with E-state index in [-0.39, 0.29) is 17.6 Å². The van der Waals surface area contributed by atoms with Crippen LogP contribution in [0.3, 0.4) is 0 Å². The SMILES string of the molecule is CC(=O)N1CCN(c2ccc(C(=O)Nc3ccc(Cl)c(Nc4cccc(F)c4)c3)cn2)CC1. The average Bonchev–Trinajstić information content (AvgIpc) is 2.81. The second kappa shape index (κ2) is 9.87. The zero-order valence-electron chi connectivity index (χ0n) is 18.0. The van der Waals surface area contributed by atoms with Gasteiger partial charge in [0.2, 0.25) is 5.91 Å². The maximum Gasteiger partial charge on any atom is 0.257 e. The number of carbonyl (C=O) groups excluding carboxylic acids is 2. The molecule has 0 aliphatic carbocycles. The fourth-order valence-corrected chi connectivity index (χ4v) is 3.75. The minimum atomic E-state index is -0.364. The van der Waals surface area contributed by atoms with Crippen LogP contribution < -0.4 is 15.5 Å². The van der Waals surface area contributed by atoms with Crippen molar-refractivity contribution in [3.63, 3.8) is 0 Å². The zero-order valence-corrected chi connectivity index (χ0v) is 18.8. The Balaban J connectivity index is 1.40. The monoisotopic (exact) mass is 467 g/mol. The predicted molar refractivity (Wildman–Crippen MR) is 128 cm³/mol. The number of aromatic nitrogens is 1. The number of carbonyl (C=O) groups is 2. The number of anilines is 4. The lowest BCUT2D eigenvalue weighted by Crippen LogP contribution is -2.48. The van der Waals surface area contributed by atoms with Crippen LogP contribution in [0.2, 0.25) is 5.02 Å². The molecule has 0 atom stereocenters. The third-order valence-electron chi connectivity index (χ3n) is 5.39. The number of hydrogen-bond donors (Lipinski definition) is 2. The van der Waals surface area contributed by atoms with Gasteiger partial charge in [0.15, 0.2) is 0 Å². The van der Waals surface area contributed by atoms with Crippen LogP contribution in [0.25, 0.3) is 0 Å². The van der Waals surface area contributed by atoms with E-state index in [1.54, 1.807) is 49.4 Å². The molecular weight excluding hydrogens is 445 g/mol. The molecule has 0 radical (unpaired) electrons. The normalized spacial score (nSPS) is 13.5. The molecule has 2 heterocycles. The highest BCUT2D eigenvalue weighted by molar-refractivity contribution is 6.33.